The minimum Gasteiger partial charge on any atom is -0.467 e. The zero-order valence-corrected chi connectivity index (χ0v) is 10.9. The number of ether oxygens (including phenoxy) is 2. The molecule has 1 atom stereocenters. The van der Waals surface area contributed by atoms with Crippen molar-refractivity contribution in [2.24, 2.45) is 11.5 Å². The van der Waals surface area contributed by atoms with E-state index in [-0.39, 0.29) is 6.42 Å². The van der Waals surface area contributed by atoms with Gasteiger partial charge in [-0.3, -0.25) is 0 Å². The molecule has 1 unspecified atom stereocenters. The van der Waals surface area contributed by atoms with E-state index >= 15 is 0 Å². The van der Waals surface area contributed by atoms with Crippen LogP contribution >= 0.6 is 0 Å². The lowest BCUT2D eigenvalue weighted by Crippen LogP contribution is -2.57. The average molecular weight is 246 g/mol. The molecule has 0 saturated heterocycles. The first-order valence-electron chi connectivity index (χ1n) is 5.48. The Bertz CT molecular complexity index is 286. The third-order valence-corrected chi connectivity index (χ3v) is 2.09. The number of rotatable bonds is 5. The molecule has 0 aliphatic rings. The topological polar surface area (TPSA) is 105 Å². The summed E-state index contributed by atoms with van der Waals surface area (Å²) in [4.78, 5) is 23.5. The maximum absolute atomic E-state index is 11.9. The third kappa shape index (κ3) is 4.70. The van der Waals surface area contributed by atoms with Gasteiger partial charge in [0.15, 0.2) is 0 Å². The van der Waals surface area contributed by atoms with Gasteiger partial charge < -0.3 is 20.9 Å². The van der Waals surface area contributed by atoms with E-state index in [1.807, 2.05) is 0 Å². The molecule has 0 spiro atoms. The minimum atomic E-state index is -1.78. The van der Waals surface area contributed by atoms with Crippen LogP contribution in [0.1, 0.15) is 33.6 Å². The molecule has 0 rings (SSSR count). The predicted octanol–water partition coefficient (Wildman–Crippen LogP) is -0.0625. The predicted molar refractivity (Wildman–Crippen MR) is 63.1 cm³/mol. The Morgan fingerprint density at radius 3 is 2.06 bits per heavy atom. The smallest absolute Gasteiger partial charge is 0.338 e. The Kier molecular flexibility index (Phi) is 5.57. The highest BCUT2D eigenvalue weighted by Gasteiger charge is 2.45. The van der Waals surface area contributed by atoms with E-state index < -0.39 is 23.1 Å². The van der Waals surface area contributed by atoms with Crippen LogP contribution in [0.3, 0.4) is 0 Å². The Hall–Kier alpha value is -1.14. The van der Waals surface area contributed by atoms with Crippen molar-refractivity contribution in [1.82, 2.24) is 0 Å². The van der Waals surface area contributed by atoms with Crippen molar-refractivity contribution in [3.05, 3.63) is 0 Å². The molecule has 0 amide bonds. The van der Waals surface area contributed by atoms with E-state index in [4.69, 9.17) is 16.2 Å². The molecule has 0 radical (unpaired) electrons. The van der Waals surface area contributed by atoms with Gasteiger partial charge in [0.05, 0.1) is 7.11 Å². The van der Waals surface area contributed by atoms with Gasteiger partial charge in [-0.25, -0.2) is 9.59 Å². The maximum atomic E-state index is 11.9. The van der Waals surface area contributed by atoms with Crippen molar-refractivity contribution >= 4 is 11.9 Å². The molecule has 0 aliphatic carbocycles. The van der Waals surface area contributed by atoms with E-state index in [1.165, 1.54) is 7.11 Å². The Morgan fingerprint density at radius 2 is 1.71 bits per heavy atom. The van der Waals surface area contributed by atoms with Crippen LogP contribution in [0.15, 0.2) is 0 Å². The lowest BCUT2D eigenvalue weighted by Gasteiger charge is -2.29. The number of nitrogens with two attached hydrogens (primary N) is 2. The number of hydrogen-bond donors (Lipinski definition) is 2. The van der Waals surface area contributed by atoms with Gasteiger partial charge in [-0.15, -0.1) is 0 Å². The molecule has 0 aromatic rings. The molecule has 0 aromatic carbocycles. The first-order chi connectivity index (χ1) is 7.67. The summed E-state index contributed by atoms with van der Waals surface area (Å²) >= 11 is 0. The van der Waals surface area contributed by atoms with E-state index in [0.29, 0.717) is 13.0 Å². The minimum absolute atomic E-state index is 0.102. The summed E-state index contributed by atoms with van der Waals surface area (Å²) in [5.74, 6) is -1.59. The normalized spacial score (nSPS) is 14.9. The monoisotopic (exact) mass is 246 g/mol. The van der Waals surface area contributed by atoms with Crippen molar-refractivity contribution in [1.29, 1.82) is 0 Å². The highest BCUT2D eigenvalue weighted by atomic mass is 16.6. The molecule has 0 aromatic heterocycles. The first kappa shape index (κ1) is 15.9. The first-order valence-corrected chi connectivity index (χ1v) is 5.48. The molecular formula is C11H22N2O4. The number of methoxy groups -OCH3 is 1. The van der Waals surface area contributed by atoms with Crippen LogP contribution in [0, 0.1) is 0 Å². The molecular weight excluding hydrogens is 224 g/mol. The van der Waals surface area contributed by atoms with Gasteiger partial charge in [0.2, 0.25) is 5.54 Å². The molecule has 17 heavy (non-hydrogen) atoms. The number of esters is 2. The average Bonchev–Trinajstić information content (AvgIpc) is 2.22. The number of hydrogen-bond acceptors (Lipinski definition) is 6. The zero-order valence-electron chi connectivity index (χ0n) is 10.9. The van der Waals surface area contributed by atoms with Crippen LogP contribution in [-0.2, 0) is 19.1 Å². The summed E-state index contributed by atoms with van der Waals surface area (Å²) in [5.41, 5.74) is 8.64. The van der Waals surface area contributed by atoms with Crippen molar-refractivity contribution in [2.45, 2.75) is 44.8 Å². The van der Waals surface area contributed by atoms with Crippen molar-refractivity contribution < 1.29 is 19.1 Å². The fourth-order valence-corrected chi connectivity index (χ4v) is 1.22. The summed E-state index contributed by atoms with van der Waals surface area (Å²) in [7, 11) is 1.18. The Morgan fingerprint density at radius 1 is 1.18 bits per heavy atom. The summed E-state index contributed by atoms with van der Waals surface area (Å²) < 4.78 is 9.66. The Balaban J connectivity index is 4.91. The van der Waals surface area contributed by atoms with Crippen LogP contribution in [0.2, 0.25) is 0 Å². The molecule has 0 fully saturated rings. The van der Waals surface area contributed by atoms with Crippen molar-refractivity contribution in [3.8, 4) is 0 Å². The molecule has 6 heteroatoms. The van der Waals surface area contributed by atoms with Gasteiger partial charge in [-0.05, 0) is 40.2 Å². The lowest BCUT2D eigenvalue weighted by molar-refractivity contribution is -0.170. The second-order valence-electron chi connectivity index (χ2n) is 4.86. The Labute approximate surface area is 102 Å². The standard InChI is InChI=1S/C11H22N2O4/c1-10(2,3)17-9(15)11(13,6-5-7-12)8(14)16-4/h5-7,12-13H2,1-4H3. The second-order valence-corrected chi connectivity index (χ2v) is 4.86. The van der Waals surface area contributed by atoms with E-state index in [9.17, 15) is 9.59 Å². The van der Waals surface area contributed by atoms with Crippen LogP contribution in [0.4, 0.5) is 0 Å². The summed E-state index contributed by atoms with van der Waals surface area (Å²) in [6.07, 6.45) is 0.538. The lowest BCUT2D eigenvalue weighted by atomic mass is 9.94. The summed E-state index contributed by atoms with van der Waals surface area (Å²) in [6, 6.07) is 0. The van der Waals surface area contributed by atoms with Gasteiger partial charge >= 0.3 is 11.9 Å². The maximum Gasteiger partial charge on any atom is 0.338 e. The van der Waals surface area contributed by atoms with Gasteiger partial charge in [-0.1, -0.05) is 0 Å². The van der Waals surface area contributed by atoms with Gasteiger partial charge in [0, 0.05) is 0 Å². The summed E-state index contributed by atoms with van der Waals surface area (Å²) in [6.45, 7) is 5.43. The van der Waals surface area contributed by atoms with Gasteiger partial charge in [0.25, 0.3) is 0 Å². The SMILES string of the molecule is COC(=O)C(N)(CCCN)C(=O)OC(C)(C)C. The molecule has 4 N–H and O–H groups in total. The fourth-order valence-electron chi connectivity index (χ4n) is 1.22. The quantitative estimate of drug-likeness (QED) is 0.520. The van der Waals surface area contributed by atoms with E-state index in [1.54, 1.807) is 20.8 Å². The van der Waals surface area contributed by atoms with Crippen molar-refractivity contribution in [2.75, 3.05) is 13.7 Å². The molecule has 6 nitrogen and oxygen atoms in total. The van der Waals surface area contributed by atoms with Gasteiger partial charge in [-0.2, -0.15) is 0 Å². The van der Waals surface area contributed by atoms with E-state index in [0.717, 1.165) is 0 Å². The van der Waals surface area contributed by atoms with Gasteiger partial charge in [0.1, 0.15) is 5.60 Å². The zero-order chi connectivity index (χ0) is 13.7. The molecule has 0 saturated carbocycles. The van der Waals surface area contributed by atoms with E-state index in [2.05, 4.69) is 4.74 Å². The van der Waals surface area contributed by atoms with Crippen molar-refractivity contribution in [3.63, 3.8) is 0 Å². The second kappa shape index (κ2) is 5.97. The highest BCUT2D eigenvalue weighted by molar-refractivity contribution is 6.04. The fraction of sp³-hybridized carbons (Fsp3) is 0.818. The molecule has 0 heterocycles. The van der Waals surface area contributed by atoms with Crippen LogP contribution in [-0.4, -0.2) is 36.7 Å². The van der Waals surface area contributed by atoms with Crippen LogP contribution in [0.5, 0.6) is 0 Å². The molecule has 100 valence electrons. The largest absolute Gasteiger partial charge is 0.467 e. The number of carbonyl (C=O) groups excluding carboxylic acids is 2. The summed E-state index contributed by atoms with van der Waals surface area (Å²) in [5, 5.41) is 0. The molecule has 0 aliphatic heterocycles. The molecule has 0 bridgehead atoms. The van der Waals surface area contributed by atoms with Crippen LogP contribution in [0.25, 0.3) is 0 Å². The third-order valence-electron chi connectivity index (χ3n) is 2.09. The van der Waals surface area contributed by atoms with Crippen LogP contribution < -0.4 is 11.5 Å². The number of carbonyl (C=O) groups is 2. The highest BCUT2D eigenvalue weighted by Crippen LogP contribution is 2.18.